The number of hydrogen-bond acceptors (Lipinski definition) is 3. The molecule has 26 heavy (non-hydrogen) atoms. The van der Waals surface area contributed by atoms with E-state index in [-0.39, 0.29) is 23.3 Å². The highest BCUT2D eigenvalue weighted by molar-refractivity contribution is 6.30. The Hall–Kier alpha value is -2.86. The van der Waals surface area contributed by atoms with Gasteiger partial charge in [-0.05, 0) is 36.2 Å². The number of nitrogens with one attached hydrogen (secondary N) is 2. The van der Waals surface area contributed by atoms with Crippen LogP contribution in [-0.2, 0) is 6.54 Å². The van der Waals surface area contributed by atoms with E-state index < -0.39 is 0 Å². The Kier molecular flexibility index (Phi) is 5.53. The van der Waals surface area contributed by atoms with E-state index in [0.717, 1.165) is 12.0 Å². The van der Waals surface area contributed by atoms with E-state index in [2.05, 4.69) is 15.6 Å². The van der Waals surface area contributed by atoms with Crippen molar-refractivity contribution < 1.29 is 9.59 Å². The lowest BCUT2D eigenvalue weighted by molar-refractivity contribution is 0.0942. The van der Waals surface area contributed by atoms with Crippen LogP contribution in [0.5, 0.6) is 0 Å². The number of amides is 2. The first-order valence-electron chi connectivity index (χ1n) is 8.38. The molecule has 2 aromatic heterocycles. The van der Waals surface area contributed by atoms with Crippen molar-refractivity contribution in [3.05, 3.63) is 70.8 Å². The average molecular weight is 371 g/mol. The van der Waals surface area contributed by atoms with E-state index in [4.69, 9.17) is 11.6 Å². The molecule has 0 aliphatic carbocycles. The van der Waals surface area contributed by atoms with Crippen LogP contribution < -0.4 is 10.6 Å². The van der Waals surface area contributed by atoms with Gasteiger partial charge in [-0.3, -0.25) is 14.0 Å². The first-order chi connectivity index (χ1) is 12.6. The molecule has 2 heterocycles. The fourth-order valence-corrected chi connectivity index (χ4v) is 2.68. The minimum Gasteiger partial charge on any atom is -0.349 e. The third-order valence-corrected chi connectivity index (χ3v) is 4.12. The summed E-state index contributed by atoms with van der Waals surface area (Å²) < 4.78 is 1.63. The van der Waals surface area contributed by atoms with Crippen molar-refractivity contribution in [2.24, 2.45) is 0 Å². The molecule has 3 aromatic rings. The van der Waals surface area contributed by atoms with Gasteiger partial charge in [0, 0.05) is 24.3 Å². The summed E-state index contributed by atoms with van der Waals surface area (Å²) in [7, 11) is 0. The molecule has 0 radical (unpaired) electrons. The number of nitrogens with zero attached hydrogens (tertiary/aromatic N) is 2. The van der Waals surface area contributed by atoms with Gasteiger partial charge in [0.1, 0.15) is 0 Å². The Morgan fingerprint density at radius 3 is 2.58 bits per heavy atom. The lowest BCUT2D eigenvalue weighted by Gasteiger charge is -2.04. The largest absolute Gasteiger partial charge is 0.349 e. The zero-order valence-corrected chi connectivity index (χ0v) is 15.1. The maximum Gasteiger partial charge on any atom is 0.287 e. The number of halogens is 1. The molecule has 0 spiro atoms. The van der Waals surface area contributed by atoms with E-state index in [9.17, 15) is 9.59 Å². The summed E-state index contributed by atoms with van der Waals surface area (Å²) in [5.74, 6) is -0.436. The molecule has 0 aliphatic rings. The lowest BCUT2D eigenvalue weighted by atomic mass is 10.2. The lowest BCUT2D eigenvalue weighted by Crippen LogP contribution is -2.26. The van der Waals surface area contributed by atoms with E-state index in [1.54, 1.807) is 40.9 Å². The highest BCUT2D eigenvalue weighted by atomic mass is 35.5. The van der Waals surface area contributed by atoms with Gasteiger partial charge in [0.2, 0.25) is 5.82 Å². The van der Waals surface area contributed by atoms with Gasteiger partial charge in [-0.15, -0.1) is 0 Å². The molecule has 6 nitrogen and oxygen atoms in total. The predicted octanol–water partition coefficient (Wildman–Crippen LogP) is 3.06. The maximum absolute atomic E-state index is 12.6. The summed E-state index contributed by atoms with van der Waals surface area (Å²) in [5, 5.41) is 6.26. The molecule has 7 heteroatoms. The molecule has 0 unspecified atom stereocenters. The number of rotatable bonds is 6. The van der Waals surface area contributed by atoms with E-state index in [1.807, 2.05) is 19.1 Å². The smallest absolute Gasteiger partial charge is 0.287 e. The molecule has 0 atom stereocenters. The van der Waals surface area contributed by atoms with Crippen molar-refractivity contribution in [1.82, 2.24) is 20.0 Å². The molecule has 0 aliphatic heterocycles. The van der Waals surface area contributed by atoms with Crippen molar-refractivity contribution in [3.63, 3.8) is 0 Å². The summed E-state index contributed by atoms with van der Waals surface area (Å²) in [6.07, 6.45) is 2.54. The Labute approximate surface area is 156 Å². The molecule has 2 amide bonds. The monoisotopic (exact) mass is 370 g/mol. The summed E-state index contributed by atoms with van der Waals surface area (Å²) in [4.78, 5) is 29.2. The quantitative estimate of drug-likeness (QED) is 0.700. The molecule has 0 saturated carbocycles. The van der Waals surface area contributed by atoms with Crippen LogP contribution in [0, 0.1) is 0 Å². The normalized spacial score (nSPS) is 10.7. The van der Waals surface area contributed by atoms with Crippen molar-refractivity contribution in [2.45, 2.75) is 19.9 Å². The number of fused-ring (bicyclic) bond motifs is 1. The van der Waals surface area contributed by atoms with Crippen molar-refractivity contribution in [1.29, 1.82) is 0 Å². The second kappa shape index (κ2) is 8.01. The van der Waals surface area contributed by atoms with E-state index in [0.29, 0.717) is 23.6 Å². The van der Waals surface area contributed by atoms with E-state index in [1.165, 1.54) is 0 Å². The molecule has 2 N–H and O–H groups in total. The Morgan fingerprint density at radius 2 is 1.85 bits per heavy atom. The van der Waals surface area contributed by atoms with Crippen LogP contribution in [0.2, 0.25) is 5.02 Å². The summed E-state index contributed by atoms with van der Waals surface area (Å²) in [6.45, 7) is 2.87. The zero-order chi connectivity index (χ0) is 18.5. The first-order valence-corrected chi connectivity index (χ1v) is 8.76. The van der Waals surface area contributed by atoms with Gasteiger partial charge in [-0.1, -0.05) is 36.7 Å². The minimum atomic E-state index is -0.335. The van der Waals surface area contributed by atoms with Crippen LogP contribution in [0.3, 0.4) is 0 Å². The molecular formula is C19H19ClN4O2. The maximum atomic E-state index is 12.6. The van der Waals surface area contributed by atoms with Gasteiger partial charge in [0.25, 0.3) is 11.8 Å². The van der Waals surface area contributed by atoms with Crippen LogP contribution >= 0.6 is 11.6 Å². The fourth-order valence-electron chi connectivity index (χ4n) is 2.55. The Balaban J connectivity index is 1.83. The molecule has 1 aromatic carbocycles. The number of aromatic nitrogens is 2. The van der Waals surface area contributed by atoms with Gasteiger partial charge < -0.3 is 10.6 Å². The number of carbonyl (C=O) groups is 2. The topological polar surface area (TPSA) is 75.5 Å². The van der Waals surface area contributed by atoms with Gasteiger partial charge >= 0.3 is 0 Å². The van der Waals surface area contributed by atoms with Crippen LogP contribution in [0.15, 0.2) is 48.7 Å². The Morgan fingerprint density at radius 1 is 1.08 bits per heavy atom. The summed E-state index contributed by atoms with van der Waals surface area (Å²) in [5.41, 5.74) is 1.73. The van der Waals surface area contributed by atoms with Crippen molar-refractivity contribution >= 4 is 28.9 Å². The van der Waals surface area contributed by atoms with Crippen molar-refractivity contribution in [2.75, 3.05) is 6.54 Å². The van der Waals surface area contributed by atoms with Crippen LogP contribution in [0.1, 0.15) is 40.0 Å². The number of benzene rings is 1. The van der Waals surface area contributed by atoms with Gasteiger partial charge in [-0.2, -0.15) is 0 Å². The summed E-state index contributed by atoms with van der Waals surface area (Å²) >= 11 is 5.87. The second-order valence-corrected chi connectivity index (χ2v) is 6.24. The van der Waals surface area contributed by atoms with Crippen LogP contribution in [-0.4, -0.2) is 27.7 Å². The number of imidazole rings is 1. The second-order valence-electron chi connectivity index (χ2n) is 5.80. The molecule has 134 valence electrons. The number of pyridine rings is 1. The average Bonchev–Trinajstić information content (AvgIpc) is 3.05. The SMILES string of the molecule is CCCNC(=O)c1nc(C(=O)NCc2ccc(Cl)cc2)c2ccccn12. The van der Waals surface area contributed by atoms with Gasteiger partial charge in [0.15, 0.2) is 5.69 Å². The van der Waals surface area contributed by atoms with E-state index >= 15 is 0 Å². The van der Waals surface area contributed by atoms with Gasteiger partial charge in [-0.25, -0.2) is 4.98 Å². The van der Waals surface area contributed by atoms with Crippen LogP contribution in [0.4, 0.5) is 0 Å². The Bertz CT molecular complexity index is 934. The van der Waals surface area contributed by atoms with Crippen LogP contribution in [0.25, 0.3) is 5.52 Å². The van der Waals surface area contributed by atoms with Gasteiger partial charge in [0.05, 0.1) is 5.52 Å². The zero-order valence-electron chi connectivity index (χ0n) is 14.3. The predicted molar refractivity (Wildman–Crippen MR) is 100 cm³/mol. The first kappa shape index (κ1) is 17.9. The molecule has 3 rings (SSSR count). The standard InChI is InChI=1S/C19H19ClN4O2/c1-2-10-21-19(26)17-23-16(15-5-3-4-11-24(15)17)18(25)22-12-13-6-8-14(20)9-7-13/h3-9,11H,2,10,12H2,1H3,(H,21,26)(H,22,25). The minimum absolute atomic E-state index is 0.200. The molecule has 0 saturated heterocycles. The fraction of sp³-hybridized carbons (Fsp3) is 0.211. The third kappa shape index (κ3) is 3.86. The third-order valence-electron chi connectivity index (χ3n) is 3.87. The highest BCUT2D eigenvalue weighted by Gasteiger charge is 2.20. The molecule has 0 fully saturated rings. The summed E-state index contributed by atoms with van der Waals surface area (Å²) in [6, 6.07) is 12.6. The molecular weight excluding hydrogens is 352 g/mol. The highest BCUT2D eigenvalue weighted by Crippen LogP contribution is 2.14. The van der Waals surface area contributed by atoms with Crippen molar-refractivity contribution in [3.8, 4) is 0 Å². The molecule has 0 bridgehead atoms. The number of hydrogen-bond donors (Lipinski definition) is 2. The number of carbonyl (C=O) groups excluding carboxylic acids is 2.